The molecule has 0 aromatic heterocycles. The second-order valence-electron chi connectivity index (χ2n) is 6.92. The molecule has 0 aliphatic heterocycles. The van der Waals surface area contributed by atoms with Crippen LogP contribution in [0, 0.1) is 17.3 Å². The van der Waals surface area contributed by atoms with E-state index in [0.717, 1.165) is 19.3 Å². The summed E-state index contributed by atoms with van der Waals surface area (Å²) in [4.78, 5) is 24.0. The highest BCUT2D eigenvalue weighted by Gasteiger charge is 2.60. The van der Waals surface area contributed by atoms with Crippen molar-refractivity contribution in [2.45, 2.75) is 49.8 Å². The maximum Gasteiger partial charge on any atom is 0.312 e. The Balaban J connectivity index is 1.67. The van der Waals surface area contributed by atoms with Crippen LogP contribution in [0.25, 0.3) is 0 Å². The number of amides is 1. The van der Waals surface area contributed by atoms with Crippen LogP contribution in [0.4, 0.5) is 0 Å². The summed E-state index contributed by atoms with van der Waals surface area (Å²) in [5.74, 6) is 0.932. The van der Waals surface area contributed by atoms with Gasteiger partial charge in [-0.15, -0.1) is 0 Å². The summed E-state index contributed by atoms with van der Waals surface area (Å²) in [5.41, 5.74) is -0.333. The summed E-state index contributed by atoms with van der Waals surface area (Å²) in [6, 6.07) is 0. The maximum atomic E-state index is 12.5. The molecule has 4 bridgehead atoms. The molecule has 0 heterocycles. The number of esters is 1. The lowest BCUT2D eigenvalue weighted by Gasteiger charge is -2.58. The van der Waals surface area contributed by atoms with E-state index >= 15 is 0 Å². The fourth-order valence-corrected chi connectivity index (χ4v) is 6.37. The van der Waals surface area contributed by atoms with Gasteiger partial charge in [-0.05, 0) is 57.3 Å². The molecule has 4 rings (SSSR count). The second-order valence-corrected chi connectivity index (χ2v) is 8.60. The average Bonchev–Trinajstić information content (AvgIpc) is 2.33. The van der Waals surface area contributed by atoms with Crippen molar-refractivity contribution in [2.24, 2.45) is 17.3 Å². The molecule has 4 saturated carbocycles. The number of hydrogen-bond donors (Lipinski definition) is 1. The third-order valence-corrected chi connectivity index (χ3v) is 6.06. The minimum Gasteiger partial charge on any atom is -0.455 e. The number of halogens is 1. The fourth-order valence-electron chi connectivity index (χ4n) is 4.92. The van der Waals surface area contributed by atoms with Crippen molar-refractivity contribution in [3.05, 3.63) is 0 Å². The van der Waals surface area contributed by atoms with Gasteiger partial charge in [-0.2, -0.15) is 0 Å². The van der Waals surface area contributed by atoms with Crippen molar-refractivity contribution in [2.75, 3.05) is 13.2 Å². The number of hydrogen-bond acceptors (Lipinski definition) is 3. The van der Waals surface area contributed by atoms with Gasteiger partial charge < -0.3 is 10.1 Å². The van der Waals surface area contributed by atoms with E-state index in [1.807, 2.05) is 6.92 Å². The van der Waals surface area contributed by atoms with E-state index in [-0.39, 0.29) is 28.2 Å². The molecule has 0 spiro atoms. The van der Waals surface area contributed by atoms with Gasteiger partial charge in [0.25, 0.3) is 5.91 Å². The summed E-state index contributed by atoms with van der Waals surface area (Å²) in [5, 5.41) is 2.66. The predicted molar refractivity (Wildman–Crippen MR) is 78.4 cm³/mol. The molecule has 4 aliphatic carbocycles. The van der Waals surface area contributed by atoms with Gasteiger partial charge in [0.15, 0.2) is 6.61 Å². The molecule has 0 saturated heterocycles. The number of ether oxygens (including phenoxy) is 1. The summed E-state index contributed by atoms with van der Waals surface area (Å²) in [7, 11) is 0. The van der Waals surface area contributed by atoms with Gasteiger partial charge in [-0.25, -0.2) is 0 Å². The molecule has 0 aromatic carbocycles. The Morgan fingerprint density at radius 2 is 1.90 bits per heavy atom. The van der Waals surface area contributed by atoms with Crippen LogP contribution in [0.2, 0.25) is 0 Å². The molecule has 0 unspecified atom stereocenters. The fraction of sp³-hybridized carbons (Fsp3) is 0.867. The molecular formula is C15H22BrNO3. The normalized spacial score (nSPS) is 41.5. The summed E-state index contributed by atoms with van der Waals surface area (Å²) in [6.45, 7) is 2.28. The zero-order valence-electron chi connectivity index (χ0n) is 11.9. The highest BCUT2D eigenvalue weighted by molar-refractivity contribution is 9.10. The number of carbonyl (C=O) groups excluding carboxylic acids is 2. The first-order valence-electron chi connectivity index (χ1n) is 7.58. The molecule has 20 heavy (non-hydrogen) atoms. The second kappa shape index (κ2) is 5.00. The van der Waals surface area contributed by atoms with Gasteiger partial charge in [-0.1, -0.05) is 15.9 Å². The molecule has 4 fully saturated rings. The lowest BCUT2D eigenvalue weighted by Crippen LogP contribution is -2.56. The Hall–Kier alpha value is -0.580. The average molecular weight is 344 g/mol. The smallest absolute Gasteiger partial charge is 0.312 e. The number of alkyl halides is 1. The largest absolute Gasteiger partial charge is 0.455 e. The zero-order valence-corrected chi connectivity index (χ0v) is 13.5. The Labute approximate surface area is 128 Å². The first-order valence-corrected chi connectivity index (χ1v) is 8.37. The van der Waals surface area contributed by atoms with Gasteiger partial charge in [0.1, 0.15) is 0 Å². The van der Waals surface area contributed by atoms with Gasteiger partial charge >= 0.3 is 5.97 Å². The number of carbonyl (C=O) groups is 2. The lowest BCUT2D eigenvalue weighted by atomic mass is 9.49. The Morgan fingerprint density at radius 3 is 2.45 bits per heavy atom. The van der Waals surface area contributed by atoms with E-state index in [1.165, 1.54) is 19.3 Å². The SMILES string of the molecule is CCNC(=O)COC(=O)C12C[C@@H]3C[C@H](CC(Br)(C3)C1)C2. The Bertz CT molecular complexity index is 423. The van der Waals surface area contributed by atoms with Crippen molar-refractivity contribution in [1.29, 1.82) is 0 Å². The highest BCUT2D eigenvalue weighted by Crippen LogP contribution is 2.64. The van der Waals surface area contributed by atoms with E-state index < -0.39 is 0 Å². The molecule has 0 aromatic rings. The molecule has 1 N–H and O–H groups in total. The van der Waals surface area contributed by atoms with Crippen molar-refractivity contribution >= 4 is 27.8 Å². The van der Waals surface area contributed by atoms with Crippen molar-refractivity contribution < 1.29 is 14.3 Å². The first kappa shape index (κ1) is 14.4. The molecular weight excluding hydrogens is 322 g/mol. The third kappa shape index (κ3) is 2.49. The van der Waals surface area contributed by atoms with Crippen LogP contribution < -0.4 is 5.32 Å². The van der Waals surface area contributed by atoms with Crippen LogP contribution in [-0.2, 0) is 14.3 Å². The zero-order chi connectivity index (χ0) is 14.4. The van der Waals surface area contributed by atoms with Gasteiger partial charge in [-0.3, -0.25) is 9.59 Å². The third-order valence-electron chi connectivity index (χ3n) is 5.13. The van der Waals surface area contributed by atoms with Crippen LogP contribution in [0.1, 0.15) is 45.4 Å². The van der Waals surface area contributed by atoms with Crippen LogP contribution in [0.3, 0.4) is 0 Å². The number of likely N-dealkylation sites (N-methyl/N-ethyl adjacent to an activating group) is 1. The number of rotatable bonds is 4. The van der Waals surface area contributed by atoms with Crippen molar-refractivity contribution in [1.82, 2.24) is 5.32 Å². The number of nitrogens with one attached hydrogen (secondary N) is 1. The molecule has 0 radical (unpaired) electrons. The van der Waals surface area contributed by atoms with Crippen LogP contribution in [0.15, 0.2) is 0 Å². The molecule has 5 heteroatoms. The van der Waals surface area contributed by atoms with Gasteiger partial charge in [0, 0.05) is 10.9 Å². The Morgan fingerprint density at radius 1 is 1.25 bits per heavy atom. The Kier molecular flexibility index (Phi) is 3.59. The lowest BCUT2D eigenvalue weighted by molar-refractivity contribution is -0.171. The van der Waals surface area contributed by atoms with Crippen LogP contribution in [0.5, 0.6) is 0 Å². The summed E-state index contributed by atoms with van der Waals surface area (Å²) >= 11 is 3.88. The van der Waals surface area contributed by atoms with E-state index in [9.17, 15) is 9.59 Å². The minimum absolute atomic E-state index is 0.140. The van der Waals surface area contributed by atoms with Crippen LogP contribution in [-0.4, -0.2) is 29.4 Å². The van der Waals surface area contributed by atoms with Crippen LogP contribution >= 0.6 is 15.9 Å². The summed E-state index contributed by atoms with van der Waals surface area (Å²) in [6.07, 6.45) is 6.42. The molecule has 2 atom stereocenters. The standard InChI is InChI=1S/C15H22BrNO3/c1-2-17-12(18)8-20-13(19)14-4-10-3-11(5-14)7-15(16,6-10)9-14/h10-11H,2-9H2,1H3,(H,17,18)/t10-,11-,14?,15?/m0/s1. The molecule has 112 valence electrons. The highest BCUT2D eigenvalue weighted by atomic mass is 79.9. The molecule has 4 nitrogen and oxygen atoms in total. The van der Waals surface area contributed by atoms with E-state index in [1.54, 1.807) is 0 Å². The predicted octanol–water partition coefficient (Wildman–Crippen LogP) is 2.40. The first-order chi connectivity index (χ1) is 9.45. The van der Waals surface area contributed by atoms with Crippen molar-refractivity contribution in [3.8, 4) is 0 Å². The van der Waals surface area contributed by atoms with E-state index in [0.29, 0.717) is 18.4 Å². The quantitative estimate of drug-likeness (QED) is 0.629. The molecule has 1 amide bonds. The van der Waals surface area contributed by atoms with Crippen molar-refractivity contribution in [3.63, 3.8) is 0 Å². The summed E-state index contributed by atoms with van der Waals surface area (Å²) < 4.78 is 5.46. The van der Waals surface area contributed by atoms with Gasteiger partial charge in [0.05, 0.1) is 5.41 Å². The van der Waals surface area contributed by atoms with E-state index in [2.05, 4.69) is 21.2 Å². The van der Waals surface area contributed by atoms with E-state index in [4.69, 9.17) is 4.74 Å². The maximum absolute atomic E-state index is 12.5. The topological polar surface area (TPSA) is 55.4 Å². The minimum atomic E-state index is -0.333. The van der Waals surface area contributed by atoms with Gasteiger partial charge in [0.2, 0.25) is 0 Å². The molecule has 4 aliphatic rings. The monoisotopic (exact) mass is 343 g/mol.